The van der Waals surface area contributed by atoms with Crippen LogP contribution in [0.15, 0.2) is 54.7 Å². The van der Waals surface area contributed by atoms with Crippen molar-refractivity contribution in [3.63, 3.8) is 0 Å². The van der Waals surface area contributed by atoms with Gasteiger partial charge in [-0.15, -0.1) is 0 Å². The first kappa shape index (κ1) is 25.2. The molecular weight excluding hydrogens is 482 g/mol. The minimum absolute atomic E-state index is 0.201. The molecular formula is C28H31N7O3. The van der Waals surface area contributed by atoms with E-state index in [0.29, 0.717) is 30.0 Å². The number of rotatable bonds is 5. The highest BCUT2D eigenvalue weighted by Crippen LogP contribution is 2.35. The van der Waals surface area contributed by atoms with Gasteiger partial charge >= 0.3 is 6.03 Å². The van der Waals surface area contributed by atoms with Crippen molar-refractivity contribution >= 4 is 28.7 Å². The fourth-order valence-corrected chi connectivity index (χ4v) is 4.57. The van der Waals surface area contributed by atoms with Gasteiger partial charge in [0, 0.05) is 63.0 Å². The molecule has 10 nitrogen and oxygen atoms in total. The number of methoxy groups -OCH3 is 1. The number of fused-ring (bicyclic) bond motifs is 1. The summed E-state index contributed by atoms with van der Waals surface area (Å²) in [6.45, 7) is 2.91. The number of likely N-dealkylation sites (N-methyl/N-ethyl adjacent to an activating group) is 1. The molecule has 4 aromatic rings. The molecule has 1 aliphatic rings. The summed E-state index contributed by atoms with van der Waals surface area (Å²) in [7, 11) is 7.06. The Bertz CT molecular complexity index is 1490. The summed E-state index contributed by atoms with van der Waals surface area (Å²) in [4.78, 5) is 36.1. The van der Waals surface area contributed by atoms with Gasteiger partial charge in [-0.2, -0.15) is 5.10 Å². The zero-order valence-electron chi connectivity index (χ0n) is 22.0. The van der Waals surface area contributed by atoms with Crippen molar-refractivity contribution in [1.82, 2.24) is 29.9 Å². The number of aromatic amines is 1. The third-order valence-electron chi connectivity index (χ3n) is 6.81. The number of hydrogen-bond donors (Lipinski definition) is 2. The van der Waals surface area contributed by atoms with Crippen molar-refractivity contribution < 1.29 is 14.3 Å². The number of para-hydroxylation sites is 1. The Morgan fingerprint density at radius 2 is 1.79 bits per heavy atom. The van der Waals surface area contributed by atoms with Crippen molar-refractivity contribution in [2.75, 3.05) is 59.7 Å². The number of nitrogens with one attached hydrogen (secondary N) is 2. The Morgan fingerprint density at radius 3 is 2.53 bits per heavy atom. The number of anilines is 1. The van der Waals surface area contributed by atoms with Crippen molar-refractivity contribution in [2.45, 2.75) is 0 Å². The van der Waals surface area contributed by atoms with Crippen LogP contribution in [-0.2, 0) is 0 Å². The van der Waals surface area contributed by atoms with Gasteiger partial charge in [0.05, 0.1) is 24.1 Å². The molecule has 10 heteroatoms. The van der Waals surface area contributed by atoms with Gasteiger partial charge in [-0.05, 0) is 42.9 Å². The van der Waals surface area contributed by atoms with Crippen molar-refractivity contribution in [3.8, 4) is 28.1 Å². The third-order valence-corrected chi connectivity index (χ3v) is 6.81. The van der Waals surface area contributed by atoms with Crippen LogP contribution in [0.5, 0.6) is 5.75 Å². The first-order valence-electron chi connectivity index (χ1n) is 12.4. The normalized spacial score (nSPS) is 13.9. The Kier molecular flexibility index (Phi) is 6.97. The molecule has 1 aliphatic heterocycles. The highest BCUT2D eigenvalue weighted by atomic mass is 16.5. The second-order valence-electron chi connectivity index (χ2n) is 9.57. The second kappa shape index (κ2) is 10.5. The van der Waals surface area contributed by atoms with Crippen LogP contribution in [0.2, 0.25) is 0 Å². The van der Waals surface area contributed by atoms with Gasteiger partial charge in [0.15, 0.2) is 5.65 Å². The molecule has 0 bridgehead atoms. The number of carbonyl (C=O) groups is 2. The zero-order chi connectivity index (χ0) is 26.8. The van der Waals surface area contributed by atoms with Crippen molar-refractivity contribution in [3.05, 3.63) is 60.3 Å². The summed E-state index contributed by atoms with van der Waals surface area (Å²) < 4.78 is 5.54. The van der Waals surface area contributed by atoms with E-state index in [1.807, 2.05) is 43.4 Å². The van der Waals surface area contributed by atoms with Gasteiger partial charge in [-0.1, -0.05) is 18.2 Å². The molecule has 196 valence electrons. The number of urea groups is 1. The number of H-pyrrole nitrogens is 1. The van der Waals surface area contributed by atoms with Crippen LogP contribution in [-0.4, -0.2) is 96.3 Å². The van der Waals surface area contributed by atoms with E-state index >= 15 is 0 Å². The van der Waals surface area contributed by atoms with Crippen LogP contribution >= 0.6 is 0 Å². The lowest BCUT2D eigenvalue weighted by Crippen LogP contribution is -2.48. The molecule has 2 aromatic heterocycles. The van der Waals surface area contributed by atoms with Crippen LogP contribution in [0.4, 0.5) is 10.5 Å². The molecule has 1 saturated heterocycles. The van der Waals surface area contributed by atoms with Crippen LogP contribution < -0.4 is 10.1 Å². The predicted molar refractivity (Wildman–Crippen MR) is 147 cm³/mol. The Morgan fingerprint density at radius 1 is 1.03 bits per heavy atom. The summed E-state index contributed by atoms with van der Waals surface area (Å²) in [6.07, 6.45) is 1.73. The largest absolute Gasteiger partial charge is 0.496 e. The number of piperazine rings is 1. The lowest BCUT2D eigenvalue weighted by Gasteiger charge is -2.32. The average Bonchev–Trinajstić information content (AvgIpc) is 3.36. The number of benzene rings is 2. The standard InChI is InChI=1S/C28H31N7O3/c1-33(2)27(36)21-15-18(9-10-23(21)30-28(37)35-13-11-34(3)12-14-35)19-16-22-25(31-32-26(22)29-17-19)20-7-5-6-8-24(20)38-4/h5-10,15-17H,11-14H2,1-4H3,(H,30,37)(H,29,31,32). The minimum atomic E-state index is -0.207. The number of aromatic nitrogens is 3. The van der Waals surface area contributed by atoms with Gasteiger partial charge in [0.25, 0.3) is 5.91 Å². The van der Waals surface area contributed by atoms with Gasteiger partial charge in [-0.3, -0.25) is 9.89 Å². The number of hydrogen-bond acceptors (Lipinski definition) is 6. The molecule has 3 amide bonds. The summed E-state index contributed by atoms with van der Waals surface area (Å²) in [5.74, 6) is 0.523. The summed E-state index contributed by atoms with van der Waals surface area (Å²) >= 11 is 0. The summed E-state index contributed by atoms with van der Waals surface area (Å²) in [5, 5.41) is 11.2. The van der Waals surface area contributed by atoms with Crippen LogP contribution in [0.25, 0.3) is 33.4 Å². The monoisotopic (exact) mass is 513 g/mol. The van der Waals surface area contributed by atoms with E-state index in [0.717, 1.165) is 46.6 Å². The number of amides is 3. The van der Waals surface area contributed by atoms with E-state index in [9.17, 15) is 9.59 Å². The van der Waals surface area contributed by atoms with E-state index in [1.54, 1.807) is 44.4 Å². The Hall–Kier alpha value is -4.44. The van der Waals surface area contributed by atoms with Gasteiger partial charge in [0.1, 0.15) is 5.75 Å². The number of ether oxygens (including phenoxy) is 1. The number of pyridine rings is 1. The van der Waals surface area contributed by atoms with E-state index in [-0.39, 0.29) is 11.9 Å². The molecule has 0 radical (unpaired) electrons. The summed E-state index contributed by atoms with van der Waals surface area (Å²) in [6, 6.07) is 15.0. The topological polar surface area (TPSA) is 107 Å². The first-order chi connectivity index (χ1) is 18.4. The van der Waals surface area contributed by atoms with Crippen molar-refractivity contribution in [2.24, 2.45) is 0 Å². The minimum Gasteiger partial charge on any atom is -0.496 e. The van der Waals surface area contributed by atoms with Crippen LogP contribution in [0.3, 0.4) is 0 Å². The molecule has 2 N–H and O–H groups in total. The van der Waals surface area contributed by atoms with Crippen LogP contribution in [0, 0.1) is 0 Å². The molecule has 0 spiro atoms. The Labute approximate surface area is 221 Å². The molecule has 3 heterocycles. The smallest absolute Gasteiger partial charge is 0.321 e. The quantitative estimate of drug-likeness (QED) is 0.421. The van der Waals surface area contributed by atoms with Crippen molar-refractivity contribution in [1.29, 1.82) is 0 Å². The number of nitrogens with zero attached hydrogens (tertiary/aromatic N) is 5. The predicted octanol–water partition coefficient (Wildman–Crippen LogP) is 3.78. The fraction of sp³-hybridized carbons (Fsp3) is 0.286. The van der Waals surface area contributed by atoms with E-state index in [1.165, 1.54) is 4.90 Å². The lowest BCUT2D eigenvalue weighted by atomic mass is 10.0. The molecule has 38 heavy (non-hydrogen) atoms. The van der Waals surface area contributed by atoms with Gasteiger partial charge in [0.2, 0.25) is 0 Å². The Balaban J connectivity index is 1.51. The molecule has 0 aliphatic carbocycles. The SMILES string of the molecule is COc1ccccc1-c1[nH]nc2ncc(-c3ccc(NC(=O)N4CCN(C)CC4)c(C(=O)N(C)C)c3)cc12. The zero-order valence-corrected chi connectivity index (χ0v) is 22.0. The number of carbonyl (C=O) groups excluding carboxylic acids is 2. The highest BCUT2D eigenvalue weighted by molar-refractivity contribution is 6.04. The molecule has 0 unspecified atom stereocenters. The van der Waals surface area contributed by atoms with Crippen LogP contribution in [0.1, 0.15) is 10.4 Å². The van der Waals surface area contributed by atoms with Gasteiger partial charge < -0.3 is 24.8 Å². The lowest BCUT2D eigenvalue weighted by molar-refractivity contribution is 0.0828. The molecule has 1 fully saturated rings. The first-order valence-corrected chi connectivity index (χ1v) is 12.4. The molecule has 2 aromatic carbocycles. The molecule has 5 rings (SSSR count). The third kappa shape index (κ3) is 4.90. The summed E-state index contributed by atoms with van der Waals surface area (Å²) in [5.41, 5.74) is 4.76. The highest BCUT2D eigenvalue weighted by Gasteiger charge is 2.22. The molecule has 0 atom stereocenters. The maximum atomic E-state index is 13.1. The van der Waals surface area contributed by atoms with E-state index in [2.05, 4.69) is 25.4 Å². The van der Waals surface area contributed by atoms with E-state index in [4.69, 9.17) is 4.74 Å². The van der Waals surface area contributed by atoms with E-state index < -0.39 is 0 Å². The maximum absolute atomic E-state index is 13.1. The maximum Gasteiger partial charge on any atom is 0.321 e. The fourth-order valence-electron chi connectivity index (χ4n) is 4.57. The molecule has 0 saturated carbocycles. The van der Waals surface area contributed by atoms with Gasteiger partial charge in [-0.25, -0.2) is 9.78 Å². The second-order valence-corrected chi connectivity index (χ2v) is 9.57. The average molecular weight is 514 g/mol.